The summed E-state index contributed by atoms with van der Waals surface area (Å²) >= 11 is 13.0. The van der Waals surface area contributed by atoms with Crippen molar-refractivity contribution >= 4 is 61.3 Å². The smallest absolute Gasteiger partial charge is 0.263 e. The minimum atomic E-state index is -3.80. The third-order valence-electron chi connectivity index (χ3n) is 3.35. The van der Waals surface area contributed by atoms with Crippen molar-refractivity contribution in [2.24, 2.45) is 0 Å². The van der Waals surface area contributed by atoms with Gasteiger partial charge < -0.3 is 5.32 Å². The Morgan fingerprint density at radius 1 is 1.07 bits per heavy atom. The number of nitrogens with one attached hydrogen (secondary N) is 2. The summed E-state index contributed by atoms with van der Waals surface area (Å²) in [7, 11) is -3.80. The van der Waals surface area contributed by atoms with Crippen molar-refractivity contribution in [3.8, 4) is 0 Å². The van der Waals surface area contributed by atoms with Crippen LogP contribution in [0.5, 0.6) is 0 Å². The first-order valence-corrected chi connectivity index (χ1v) is 10.5. The van der Waals surface area contributed by atoms with Gasteiger partial charge in [0.15, 0.2) is 0 Å². The van der Waals surface area contributed by atoms with Crippen molar-refractivity contribution in [2.75, 3.05) is 10.0 Å². The average Bonchev–Trinajstić information content (AvgIpc) is 2.99. The van der Waals surface area contributed by atoms with E-state index in [0.717, 1.165) is 11.3 Å². The molecule has 0 aliphatic heterocycles. The second kappa shape index (κ2) is 7.81. The van der Waals surface area contributed by atoms with Gasteiger partial charge in [0.25, 0.3) is 15.9 Å². The number of anilines is 2. The quantitative estimate of drug-likeness (QED) is 0.616. The first-order valence-electron chi connectivity index (χ1n) is 7.44. The SMILES string of the molecule is Cc1nnc(NS(=O)(=O)c2ccc(NC(=O)c3ccc(Cl)cc3Cl)cc2)s1. The summed E-state index contributed by atoms with van der Waals surface area (Å²) in [5, 5.41) is 11.6. The maximum absolute atomic E-state index is 12.4. The molecular formula is C16H12Cl2N4O3S2. The van der Waals surface area contributed by atoms with Crippen LogP contribution in [0.4, 0.5) is 10.8 Å². The Kier molecular flexibility index (Phi) is 5.66. The summed E-state index contributed by atoms with van der Waals surface area (Å²) < 4.78 is 27.1. The molecule has 27 heavy (non-hydrogen) atoms. The topological polar surface area (TPSA) is 101 Å². The molecule has 0 spiro atoms. The van der Waals surface area contributed by atoms with Crippen molar-refractivity contribution in [1.82, 2.24) is 10.2 Å². The van der Waals surface area contributed by atoms with Gasteiger partial charge in [-0.15, -0.1) is 10.2 Å². The fourth-order valence-electron chi connectivity index (χ4n) is 2.10. The summed E-state index contributed by atoms with van der Waals surface area (Å²) in [6.45, 7) is 1.72. The monoisotopic (exact) mass is 442 g/mol. The van der Waals surface area contributed by atoms with Crippen LogP contribution in [-0.4, -0.2) is 24.5 Å². The summed E-state index contributed by atoms with van der Waals surface area (Å²) in [6.07, 6.45) is 0. The molecule has 1 aromatic heterocycles. The maximum Gasteiger partial charge on any atom is 0.263 e. The van der Waals surface area contributed by atoms with Gasteiger partial charge in [0.2, 0.25) is 5.13 Å². The number of hydrogen-bond donors (Lipinski definition) is 2. The normalized spacial score (nSPS) is 11.2. The molecule has 11 heteroatoms. The molecule has 140 valence electrons. The molecule has 1 amide bonds. The Morgan fingerprint density at radius 3 is 2.37 bits per heavy atom. The molecule has 3 aromatic rings. The number of nitrogens with zero attached hydrogens (tertiary/aromatic N) is 2. The Bertz CT molecular complexity index is 1100. The first-order chi connectivity index (χ1) is 12.7. The van der Waals surface area contributed by atoms with Crippen LogP contribution < -0.4 is 10.0 Å². The molecule has 0 unspecified atom stereocenters. The number of sulfonamides is 1. The van der Waals surface area contributed by atoms with E-state index in [9.17, 15) is 13.2 Å². The Balaban J connectivity index is 1.74. The van der Waals surface area contributed by atoms with Crippen LogP contribution in [0.25, 0.3) is 0 Å². The minimum Gasteiger partial charge on any atom is -0.322 e. The minimum absolute atomic E-state index is 0.0258. The summed E-state index contributed by atoms with van der Waals surface area (Å²) in [5.74, 6) is -0.435. The number of halogens is 2. The van der Waals surface area contributed by atoms with Gasteiger partial charge in [-0.05, 0) is 49.4 Å². The van der Waals surface area contributed by atoms with Crippen LogP contribution in [0.3, 0.4) is 0 Å². The zero-order valence-corrected chi connectivity index (χ0v) is 16.9. The Hall–Kier alpha value is -2.20. The van der Waals surface area contributed by atoms with Crippen molar-refractivity contribution in [1.29, 1.82) is 0 Å². The largest absolute Gasteiger partial charge is 0.322 e. The highest BCUT2D eigenvalue weighted by Crippen LogP contribution is 2.23. The number of hydrogen-bond acceptors (Lipinski definition) is 6. The molecule has 2 aromatic carbocycles. The average molecular weight is 443 g/mol. The molecule has 7 nitrogen and oxygen atoms in total. The van der Waals surface area contributed by atoms with Crippen molar-refractivity contribution < 1.29 is 13.2 Å². The van der Waals surface area contributed by atoms with Crippen molar-refractivity contribution in [3.63, 3.8) is 0 Å². The van der Waals surface area contributed by atoms with Gasteiger partial charge in [0.1, 0.15) is 5.01 Å². The zero-order chi connectivity index (χ0) is 19.6. The molecule has 1 heterocycles. The third kappa shape index (κ3) is 4.75. The lowest BCUT2D eigenvalue weighted by atomic mass is 10.2. The fraction of sp³-hybridized carbons (Fsp3) is 0.0625. The van der Waals surface area contributed by atoms with Gasteiger partial charge in [-0.3, -0.25) is 9.52 Å². The fourth-order valence-corrected chi connectivity index (χ4v) is 4.42. The number of carbonyl (C=O) groups excluding carboxylic acids is 1. The lowest BCUT2D eigenvalue weighted by Gasteiger charge is -2.09. The van der Waals surface area contributed by atoms with E-state index in [1.54, 1.807) is 13.0 Å². The number of carbonyl (C=O) groups is 1. The molecule has 0 radical (unpaired) electrons. The molecule has 2 N–H and O–H groups in total. The van der Waals surface area contributed by atoms with Crippen LogP contribution in [0.2, 0.25) is 10.0 Å². The Morgan fingerprint density at radius 2 is 1.78 bits per heavy atom. The summed E-state index contributed by atoms with van der Waals surface area (Å²) in [6, 6.07) is 10.2. The molecular weight excluding hydrogens is 431 g/mol. The molecule has 0 aliphatic rings. The van der Waals surface area contributed by atoms with Crippen LogP contribution in [0.15, 0.2) is 47.4 Å². The second-order valence-corrected chi connectivity index (χ2v) is 9.04. The van der Waals surface area contributed by atoms with Gasteiger partial charge in [0, 0.05) is 10.7 Å². The lowest BCUT2D eigenvalue weighted by molar-refractivity contribution is 0.102. The second-order valence-electron chi connectivity index (χ2n) is 5.33. The van der Waals surface area contributed by atoms with E-state index in [-0.39, 0.29) is 20.6 Å². The molecule has 0 atom stereocenters. The standard InChI is InChI=1S/C16H12Cl2N4O3S2/c1-9-20-21-16(26-9)22-27(24,25)12-5-3-11(4-6-12)19-15(23)13-7-2-10(17)8-14(13)18/h2-8H,1H3,(H,19,23)(H,21,22). The van der Waals surface area contributed by atoms with Gasteiger partial charge in [-0.2, -0.15) is 0 Å². The highest BCUT2D eigenvalue weighted by atomic mass is 35.5. The molecule has 0 fully saturated rings. The van der Waals surface area contributed by atoms with E-state index in [1.807, 2.05) is 0 Å². The van der Waals surface area contributed by atoms with Crippen molar-refractivity contribution in [3.05, 3.63) is 63.1 Å². The summed E-state index contributed by atoms with van der Waals surface area (Å²) in [5.41, 5.74) is 0.669. The van der Waals surface area contributed by atoms with E-state index in [0.29, 0.717) is 15.7 Å². The van der Waals surface area contributed by atoms with Gasteiger partial charge in [0.05, 0.1) is 15.5 Å². The maximum atomic E-state index is 12.4. The molecule has 0 saturated heterocycles. The van der Waals surface area contributed by atoms with E-state index >= 15 is 0 Å². The Labute approximate surface area is 169 Å². The highest BCUT2D eigenvalue weighted by molar-refractivity contribution is 7.93. The highest BCUT2D eigenvalue weighted by Gasteiger charge is 2.17. The molecule has 0 saturated carbocycles. The number of benzene rings is 2. The van der Waals surface area contributed by atoms with Crippen molar-refractivity contribution in [2.45, 2.75) is 11.8 Å². The number of rotatable bonds is 5. The number of aryl methyl sites for hydroxylation is 1. The van der Waals surface area contributed by atoms with Crippen LogP contribution in [0.1, 0.15) is 15.4 Å². The van der Waals surface area contributed by atoms with Crippen LogP contribution in [-0.2, 0) is 10.0 Å². The predicted molar refractivity (Wildman–Crippen MR) is 106 cm³/mol. The van der Waals surface area contributed by atoms with Gasteiger partial charge >= 0.3 is 0 Å². The molecule has 0 bridgehead atoms. The predicted octanol–water partition coefficient (Wildman–Crippen LogP) is 4.21. The zero-order valence-electron chi connectivity index (χ0n) is 13.7. The van der Waals surface area contributed by atoms with Crippen LogP contribution in [0, 0.1) is 6.92 Å². The van der Waals surface area contributed by atoms with Gasteiger partial charge in [-0.25, -0.2) is 8.42 Å². The van der Waals surface area contributed by atoms with E-state index < -0.39 is 15.9 Å². The molecule has 3 rings (SSSR count). The number of amides is 1. The third-order valence-corrected chi connectivity index (χ3v) is 6.13. The number of aromatic nitrogens is 2. The lowest BCUT2D eigenvalue weighted by Crippen LogP contribution is -2.14. The van der Waals surface area contributed by atoms with Gasteiger partial charge in [-0.1, -0.05) is 34.5 Å². The van der Waals surface area contributed by atoms with E-state index in [1.165, 1.54) is 36.4 Å². The van der Waals surface area contributed by atoms with E-state index in [4.69, 9.17) is 23.2 Å². The van der Waals surface area contributed by atoms with Crippen LogP contribution >= 0.6 is 34.5 Å². The molecule has 0 aliphatic carbocycles. The van der Waals surface area contributed by atoms with E-state index in [2.05, 4.69) is 20.2 Å². The first kappa shape index (κ1) is 19.6. The summed E-state index contributed by atoms with van der Waals surface area (Å²) in [4.78, 5) is 12.3.